The van der Waals surface area contributed by atoms with Crippen LogP contribution in [0.15, 0.2) is 36.4 Å². The Morgan fingerprint density at radius 1 is 1.14 bits per heavy atom. The van der Waals surface area contributed by atoms with E-state index in [1.807, 2.05) is 0 Å². The van der Waals surface area contributed by atoms with Crippen LogP contribution in [0.3, 0.4) is 0 Å². The molecule has 112 valence electrons. The number of nitrogens with one attached hydrogen (secondary N) is 1. The van der Waals surface area contributed by atoms with Gasteiger partial charge in [0.2, 0.25) is 0 Å². The van der Waals surface area contributed by atoms with Crippen LogP contribution >= 0.6 is 0 Å². The monoisotopic (exact) mass is 301 g/mol. The first kappa shape index (κ1) is 15.1. The summed E-state index contributed by atoms with van der Waals surface area (Å²) in [5.74, 6) is -5.32. The highest BCUT2D eigenvalue weighted by Crippen LogP contribution is 2.29. The zero-order valence-electron chi connectivity index (χ0n) is 10.6. The molecule has 0 heterocycles. The number of carbonyl (C=O) groups is 1. The van der Waals surface area contributed by atoms with Gasteiger partial charge in [0, 0.05) is 11.1 Å². The van der Waals surface area contributed by atoms with E-state index in [4.69, 9.17) is 5.11 Å². The Labute approximate surface area is 117 Å². The largest absolute Gasteiger partial charge is 0.478 e. The van der Waals surface area contributed by atoms with E-state index < -0.39 is 24.9 Å². The molecule has 0 radical (unpaired) electrons. The van der Waals surface area contributed by atoms with Gasteiger partial charge >= 0.3 is 18.3 Å². The lowest BCUT2D eigenvalue weighted by atomic mass is 10.0. The first-order valence-electron chi connectivity index (χ1n) is 5.98. The van der Waals surface area contributed by atoms with Crippen LogP contribution in [-0.2, 0) is 0 Å². The maximum absolute atomic E-state index is 12.9. The molecule has 7 heteroatoms. The number of fused-ring (bicyclic) bond motifs is 1. The van der Waals surface area contributed by atoms with Gasteiger partial charge in [-0.1, -0.05) is 24.3 Å². The number of anilines is 1. The van der Waals surface area contributed by atoms with Gasteiger partial charge in [-0.2, -0.15) is 8.78 Å². The fraction of sp³-hybridized carbons (Fsp3) is 0.214. The Morgan fingerprint density at radius 2 is 1.76 bits per heavy atom. The van der Waals surface area contributed by atoms with Crippen molar-refractivity contribution < 1.29 is 27.5 Å². The molecule has 0 bridgehead atoms. The van der Waals surface area contributed by atoms with Crippen molar-refractivity contribution in [3.63, 3.8) is 0 Å². The van der Waals surface area contributed by atoms with Crippen molar-refractivity contribution in [1.29, 1.82) is 0 Å². The summed E-state index contributed by atoms with van der Waals surface area (Å²) >= 11 is 0. The first-order chi connectivity index (χ1) is 9.83. The molecular formula is C14H11F4NO2. The lowest BCUT2D eigenvalue weighted by molar-refractivity contribution is -0.117. The van der Waals surface area contributed by atoms with E-state index in [1.165, 1.54) is 24.3 Å². The van der Waals surface area contributed by atoms with Gasteiger partial charge < -0.3 is 10.4 Å². The number of benzene rings is 2. The second-order valence-electron chi connectivity index (χ2n) is 4.43. The molecule has 2 N–H and O–H groups in total. The van der Waals surface area contributed by atoms with Gasteiger partial charge in [0.25, 0.3) is 0 Å². The maximum Gasteiger partial charge on any atom is 0.336 e. The van der Waals surface area contributed by atoms with Crippen LogP contribution < -0.4 is 5.32 Å². The van der Waals surface area contributed by atoms with Crippen LogP contribution in [0, 0.1) is 0 Å². The van der Waals surface area contributed by atoms with E-state index >= 15 is 0 Å². The van der Waals surface area contributed by atoms with Gasteiger partial charge in [-0.25, -0.2) is 13.6 Å². The lowest BCUT2D eigenvalue weighted by Gasteiger charge is -2.18. The zero-order valence-corrected chi connectivity index (χ0v) is 10.6. The minimum Gasteiger partial charge on any atom is -0.478 e. The lowest BCUT2D eigenvalue weighted by Crippen LogP contribution is -2.34. The van der Waals surface area contributed by atoms with Crippen LogP contribution in [0.2, 0.25) is 0 Å². The number of carboxylic acid groups (broad SMARTS) is 1. The molecule has 0 unspecified atom stereocenters. The topological polar surface area (TPSA) is 49.3 Å². The molecule has 0 aliphatic heterocycles. The van der Waals surface area contributed by atoms with Crippen LogP contribution in [0.25, 0.3) is 10.8 Å². The average molecular weight is 301 g/mol. The van der Waals surface area contributed by atoms with Crippen LogP contribution in [0.5, 0.6) is 0 Å². The predicted molar refractivity (Wildman–Crippen MR) is 70.3 cm³/mol. The summed E-state index contributed by atoms with van der Waals surface area (Å²) in [6.45, 7) is -1.24. The summed E-state index contributed by atoms with van der Waals surface area (Å²) in [6.07, 6.45) is -3.77. The van der Waals surface area contributed by atoms with Crippen LogP contribution in [-0.4, -0.2) is 30.0 Å². The maximum atomic E-state index is 12.9. The highest BCUT2D eigenvalue weighted by molar-refractivity contribution is 6.07. The van der Waals surface area contributed by atoms with Crippen molar-refractivity contribution in [3.05, 3.63) is 42.0 Å². The molecule has 0 atom stereocenters. The normalized spacial score (nSPS) is 11.9. The van der Waals surface area contributed by atoms with Gasteiger partial charge in [0.1, 0.15) is 0 Å². The molecule has 2 rings (SSSR count). The Morgan fingerprint density at radius 3 is 2.33 bits per heavy atom. The molecule has 0 fully saturated rings. The third kappa shape index (κ3) is 3.07. The fourth-order valence-corrected chi connectivity index (χ4v) is 1.93. The molecule has 0 amide bonds. The van der Waals surface area contributed by atoms with Crippen molar-refractivity contribution in [2.24, 2.45) is 0 Å². The van der Waals surface area contributed by atoms with E-state index in [-0.39, 0.29) is 11.3 Å². The van der Waals surface area contributed by atoms with E-state index in [1.54, 1.807) is 12.1 Å². The first-order valence-corrected chi connectivity index (χ1v) is 5.98. The van der Waals surface area contributed by atoms with Crippen molar-refractivity contribution in [3.8, 4) is 0 Å². The molecule has 3 nitrogen and oxygen atoms in total. The van der Waals surface area contributed by atoms with E-state index in [9.17, 15) is 22.4 Å². The number of carboxylic acids is 1. The highest BCUT2D eigenvalue weighted by atomic mass is 19.3. The molecule has 0 saturated carbocycles. The number of aromatic carboxylic acids is 1. The number of hydrogen-bond acceptors (Lipinski definition) is 2. The summed E-state index contributed by atoms with van der Waals surface area (Å²) in [6, 6.07) is 8.79. The molecule has 0 saturated heterocycles. The molecular weight excluding hydrogens is 290 g/mol. The smallest absolute Gasteiger partial charge is 0.336 e. The van der Waals surface area contributed by atoms with Gasteiger partial charge in [-0.05, 0) is 17.5 Å². The summed E-state index contributed by atoms with van der Waals surface area (Å²) < 4.78 is 50.1. The molecule has 0 aromatic heterocycles. The van der Waals surface area contributed by atoms with Crippen LogP contribution in [0.1, 0.15) is 10.4 Å². The summed E-state index contributed by atoms with van der Waals surface area (Å²) in [5.41, 5.74) is 0.188. The Bertz CT molecular complexity index is 673. The van der Waals surface area contributed by atoms with Gasteiger partial charge in [0.05, 0.1) is 12.1 Å². The summed E-state index contributed by atoms with van der Waals surface area (Å²) in [5, 5.41) is 12.0. The number of rotatable bonds is 5. The van der Waals surface area contributed by atoms with Gasteiger partial charge in [-0.3, -0.25) is 0 Å². The van der Waals surface area contributed by atoms with Crippen LogP contribution in [0.4, 0.5) is 23.2 Å². The van der Waals surface area contributed by atoms with Crippen molar-refractivity contribution in [2.45, 2.75) is 12.3 Å². The minimum absolute atomic E-state index is 0.0109. The second kappa shape index (κ2) is 5.59. The van der Waals surface area contributed by atoms with E-state index in [0.29, 0.717) is 10.8 Å². The SMILES string of the molecule is O=C(O)c1ccc(NCC(F)(F)C(F)F)c2ccccc12. The highest BCUT2D eigenvalue weighted by Gasteiger charge is 2.40. The van der Waals surface area contributed by atoms with Crippen molar-refractivity contribution >= 4 is 22.4 Å². The molecule has 0 spiro atoms. The number of alkyl halides is 4. The number of halogens is 4. The quantitative estimate of drug-likeness (QED) is 0.825. The fourth-order valence-electron chi connectivity index (χ4n) is 1.93. The predicted octanol–water partition coefficient (Wildman–Crippen LogP) is 3.85. The van der Waals surface area contributed by atoms with E-state index in [0.717, 1.165) is 0 Å². The molecule has 0 aliphatic rings. The molecule has 2 aromatic rings. The average Bonchev–Trinajstić information content (AvgIpc) is 2.44. The van der Waals surface area contributed by atoms with Crippen molar-refractivity contribution in [1.82, 2.24) is 0 Å². The molecule has 0 aliphatic carbocycles. The molecule has 2 aromatic carbocycles. The molecule has 21 heavy (non-hydrogen) atoms. The van der Waals surface area contributed by atoms with E-state index in [2.05, 4.69) is 5.32 Å². The zero-order chi connectivity index (χ0) is 15.6. The Kier molecular flexibility index (Phi) is 4.02. The minimum atomic E-state index is -4.16. The van der Waals surface area contributed by atoms with Gasteiger partial charge in [0.15, 0.2) is 0 Å². The second-order valence-corrected chi connectivity index (χ2v) is 4.43. The standard InChI is InChI=1S/C14H11F4NO2/c15-13(16)14(17,18)7-19-11-6-5-10(12(20)21)8-3-1-2-4-9(8)11/h1-6,13,19H,7H2,(H,20,21). The Balaban J connectivity index is 2.38. The summed E-state index contributed by atoms with van der Waals surface area (Å²) in [4.78, 5) is 11.1. The number of hydrogen-bond donors (Lipinski definition) is 2. The third-order valence-corrected chi connectivity index (χ3v) is 2.99. The summed E-state index contributed by atoms with van der Waals surface area (Å²) in [7, 11) is 0. The van der Waals surface area contributed by atoms with Crippen molar-refractivity contribution in [2.75, 3.05) is 11.9 Å². The van der Waals surface area contributed by atoms with Gasteiger partial charge in [-0.15, -0.1) is 0 Å². The Hall–Kier alpha value is -2.31. The third-order valence-electron chi connectivity index (χ3n) is 2.99.